The minimum Gasteiger partial charge on any atom is -0.466 e. The number of anilines is 1. The third-order valence-corrected chi connectivity index (χ3v) is 5.22. The molecule has 0 radical (unpaired) electrons. The first kappa shape index (κ1) is 22.1. The van der Waals surface area contributed by atoms with E-state index < -0.39 is 12.1 Å². The van der Waals surface area contributed by atoms with Crippen LogP contribution in [-0.4, -0.2) is 23.6 Å². The lowest BCUT2D eigenvalue weighted by Gasteiger charge is -2.19. The fourth-order valence-electron chi connectivity index (χ4n) is 3.64. The van der Waals surface area contributed by atoms with Crippen molar-refractivity contribution in [2.75, 3.05) is 11.9 Å². The molecule has 1 heterocycles. The number of hydrogen-bond acceptors (Lipinski definition) is 3. The van der Waals surface area contributed by atoms with Gasteiger partial charge in [-0.05, 0) is 54.4 Å². The SMILES string of the molecule is CCOC(=O)C[C@@H](NC(=O)Nc1ccc(-c2cc3cc(F)ccc3[nH]2)cc1)c1ccccc1. The number of urea groups is 1. The van der Waals surface area contributed by atoms with Crippen LogP contribution in [0.2, 0.25) is 0 Å². The van der Waals surface area contributed by atoms with Crippen molar-refractivity contribution < 1.29 is 18.7 Å². The molecule has 7 heteroatoms. The van der Waals surface area contributed by atoms with Crippen molar-refractivity contribution in [1.29, 1.82) is 0 Å². The number of halogens is 1. The first-order valence-electron chi connectivity index (χ1n) is 10.7. The van der Waals surface area contributed by atoms with E-state index in [1.807, 2.05) is 48.5 Å². The maximum absolute atomic E-state index is 13.4. The summed E-state index contributed by atoms with van der Waals surface area (Å²) in [5.74, 6) is -0.662. The summed E-state index contributed by atoms with van der Waals surface area (Å²) in [5, 5.41) is 6.44. The Balaban J connectivity index is 1.43. The van der Waals surface area contributed by atoms with Crippen LogP contribution in [0.3, 0.4) is 0 Å². The van der Waals surface area contributed by atoms with Crippen LogP contribution >= 0.6 is 0 Å². The predicted octanol–water partition coefficient (Wildman–Crippen LogP) is 5.79. The van der Waals surface area contributed by atoms with Crippen LogP contribution in [-0.2, 0) is 9.53 Å². The Labute approximate surface area is 190 Å². The minimum absolute atomic E-state index is 0.0329. The van der Waals surface area contributed by atoms with Gasteiger partial charge in [-0.15, -0.1) is 0 Å². The maximum Gasteiger partial charge on any atom is 0.319 e. The number of nitrogens with one attached hydrogen (secondary N) is 3. The van der Waals surface area contributed by atoms with Gasteiger partial charge in [0.05, 0.1) is 19.1 Å². The summed E-state index contributed by atoms with van der Waals surface area (Å²) in [7, 11) is 0. The van der Waals surface area contributed by atoms with E-state index in [2.05, 4.69) is 15.6 Å². The van der Waals surface area contributed by atoms with Crippen molar-refractivity contribution in [2.24, 2.45) is 0 Å². The highest BCUT2D eigenvalue weighted by Gasteiger charge is 2.19. The normalized spacial score (nSPS) is 11.7. The molecule has 1 atom stereocenters. The van der Waals surface area contributed by atoms with Gasteiger partial charge in [0.15, 0.2) is 0 Å². The van der Waals surface area contributed by atoms with E-state index >= 15 is 0 Å². The molecular weight excluding hydrogens is 421 g/mol. The van der Waals surface area contributed by atoms with E-state index in [-0.39, 0.29) is 24.8 Å². The van der Waals surface area contributed by atoms with Crippen molar-refractivity contribution in [1.82, 2.24) is 10.3 Å². The van der Waals surface area contributed by atoms with Gasteiger partial charge in [-0.2, -0.15) is 0 Å². The van der Waals surface area contributed by atoms with E-state index in [0.29, 0.717) is 5.69 Å². The largest absolute Gasteiger partial charge is 0.466 e. The monoisotopic (exact) mass is 445 g/mol. The van der Waals surface area contributed by atoms with E-state index in [0.717, 1.165) is 27.7 Å². The molecule has 0 saturated carbocycles. The Morgan fingerprint density at radius 1 is 1.00 bits per heavy atom. The molecule has 3 N–H and O–H groups in total. The van der Waals surface area contributed by atoms with Gasteiger partial charge in [0.2, 0.25) is 0 Å². The number of aromatic amines is 1. The smallest absolute Gasteiger partial charge is 0.319 e. The molecule has 0 spiro atoms. The number of amides is 2. The van der Waals surface area contributed by atoms with E-state index in [1.165, 1.54) is 12.1 Å². The van der Waals surface area contributed by atoms with Crippen LogP contribution < -0.4 is 10.6 Å². The summed E-state index contributed by atoms with van der Waals surface area (Å²) in [6, 6.07) is 22.1. The van der Waals surface area contributed by atoms with Gasteiger partial charge < -0.3 is 20.4 Å². The maximum atomic E-state index is 13.4. The minimum atomic E-state index is -0.517. The van der Waals surface area contributed by atoms with Crippen molar-refractivity contribution in [3.05, 3.63) is 90.2 Å². The van der Waals surface area contributed by atoms with Crippen molar-refractivity contribution in [3.63, 3.8) is 0 Å². The van der Waals surface area contributed by atoms with Gasteiger partial charge >= 0.3 is 12.0 Å². The van der Waals surface area contributed by atoms with Gasteiger partial charge in [0.25, 0.3) is 0 Å². The molecule has 1 aromatic heterocycles. The molecule has 6 nitrogen and oxygen atoms in total. The first-order valence-corrected chi connectivity index (χ1v) is 10.7. The lowest BCUT2D eigenvalue weighted by atomic mass is 10.0. The molecule has 0 aliphatic rings. The van der Waals surface area contributed by atoms with Crippen LogP contribution in [0, 0.1) is 5.82 Å². The van der Waals surface area contributed by atoms with Crippen LogP contribution in [0.1, 0.15) is 24.9 Å². The van der Waals surface area contributed by atoms with Gasteiger partial charge in [0, 0.05) is 22.3 Å². The number of rotatable bonds is 7. The molecular formula is C26H24FN3O3. The summed E-state index contributed by atoms with van der Waals surface area (Å²) in [4.78, 5) is 27.9. The van der Waals surface area contributed by atoms with E-state index in [9.17, 15) is 14.0 Å². The molecule has 0 aliphatic carbocycles. The number of carbonyl (C=O) groups excluding carboxylic acids is 2. The van der Waals surface area contributed by atoms with Crippen LogP contribution in [0.5, 0.6) is 0 Å². The summed E-state index contributed by atoms with van der Waals surface area (Å²) in [5.41, 5.74) is 4.02. The molecule has 0 unspecified atom stereocenters. The Kier molecular flexibility index (Phi) is 6.69. The quantitative estimate of drug-likeness (QED) is 0.315. The fraction of sp³-hybridized carbons (Fsp3) is 0.154. The highest BCUT2D eigenvalue weighted by Crippen LogP contribution is 2.26. The molecule has 0 aliphatic heterocycles. The Bertz CT molecular complexity index is 1250. The first-order chi connectivity index (χ1) is 16.0. The zero-order valence-corrected chi connectivity index (χ0v) is 18.1. The average Bonchev–Trinajstić information content (AvgIpc) is 3.23. The van der Waals surface area contributed by atoms with Gasteiger partial charge in [-0.1, -0.05) is 42.5 Å². The van der Waals surface area contributed by atoms with Crippen LogP contribution in [0.15, 0.2) is 78.9 Å². The van der Waals surface area contributed by atoms with Crippen molar-refractivity contribution >= 4 is 28.6 Å². The summed E-state index contributed by atoms with van der Waals surface area (Å²) in [6.07, 6.45) is 0.0329. The van der Waals surface area contributed by atoms with Gasteiger partial charge in [-0.3, -0.25) is 4.79 Å². The Morgan fingerprint density at radius 2 is 1.76 bits per heavy atom. The van der Waals surface area contributed by atoms with Crippen molar-refractivity contribution in [3.8, 4) is 11.3 Å². The number of esters is 1. The Morgan fingerprint density at radius 3 is 2.48 bits per heavy atom. The van der Waals surface area contributed by atoms with Gasteiger partial charge in [-0.25, -0.2) is 9.18 Å². The molecule has 0 bridgehead atoms. The molecule has 168 valence electrons. The van der Waals surface area contributed by atoms with E-state index in [1.54, 1.807) is 25.1 Å². The second kappa shape index (κ2) is 9.99. The number of benzene rings is 3. The lowest BCUT2D eigenvalue weighted by molar-refractivity contribution is -0.143. The zero-order valence-electron chi connectivity index (χ0n) is 18.1. The number of hydrogen-bond donors (Lipinski definition) is 3. The topological polar surface area (TPSA) is 83.2 Å². The molecule has 4 rings (SSSR count). The standard InChI is InChI=1S/C26H24FN3O3/c1-2-33-25(31)16-24(17-6-4-3-5-7-17)30-26(32)28-21-11-8-18(9-12-21)23-15-19-14-20(27)10-13-22(19)29-23/h3-15,24,29H,2,16H2,1H3,(H2,28,30,32)/t24-/m1/s1. The third-order valence-electron chi connectivity index (χ3n) is 5.22. The fourth-order valence-corrected chi connectivity index (χ4v) is 3.64. The summed E-state index contributed by atoms with van der Waals surface area (Å²) >= 11 is 0. The average molecular weight is 445 g/mol. The second-order valence-electron chi connectivity index (χ2n) is 7.56. The zero-order chi connectivity index (χ0) is 23.2. The highest BCUT2D eigenvalue weighted by atomic mass is 19.1. The summed E-state index contributed by atoms with van der Waals surface area (Å²) in [6.45, 7) is 2.03. The number of fused-ring (bicyclic) bond motifs is 1. The molecule has 4 aromatic rings. The second-order valence-corrected chi connectivity index (χ2v) is 7.56. The molecule has 2 amide bonds. The van der Waals surface area contributed by atoms with Gasteiger partial charge in [0.1, 0.15) is 5.82 Å². The van der Waals surface area contributed by atoms with Crippen molar-refractivity contribution in [2.45, 2.75) is 19.4 Å². The summed E-state index contributed by atoms with van der Waals surface area (Å²) < 4.78 is 18.5. The lowest BCUT2D eigenvalue weighted by Crippen LogP contribution is -2.34. The molecule has 33 heavy (non-hydrogen) atoms. The number of carbonyl (C=O) groups is 2. The third kappa shape index (κ3) is 5.57. The van der Waals surface area contributed by atoms with E-state index in [4.69, 9.17) is 4.74 Å². The van der Waals surface area contributed by atoms with Crippen LogP contribution in [0.25, 0.3) is 22.2 Å². The predicted molar refractivity (Wildman–Crippen MR) is 126 cm³/mol. The number of H-pyrrole nitrogens is 1. The highest BCUT2D eigenvalue weighted by molar-refractivity contribution is 5.91. The molecule has 3 aromatic carbocycles. The Hall–Kier alpha value is -4.13. The number of aromatic nitrogens is 1. The molecule has 0 fully saturated rings. The number of ether oxygens (including phenoxy) is 1. The van der Waals surface area contributed by atoms with Crippen LogP contribution in [0.4, 0.5) is 14.9 Å². The molecule has 0 saturated heterocycles.